The van der Waals surface area contributed by atoms with Gasteiger partial charge in [0.15, 0.2) is 0 Å². The number of likely N-dealkylation sites (tertiary alicyclic amines) is 1. The molecule has 1 aliphatic heterocycles. The largest absolute Gasteiger partial charge is 0.383 e. The number of fused-ring (bicyclic) bond motifs is 2. The molecule has 1 aliphatic carbocycles. The van der Waals surface area contributed by atoms with Gasteiger partial charge in [0.1, 0.15) is 12.4 Å². The van der Waals surface area contributed by atoms with Crippen LogP contribution in [0, 0.1) is 11.8 Å². The van der Waals surface area contributed by atoms with Crippen molar-refractivity contribution in [3.63, 3.8) is 0 Å². The van der Waals surface area contributed by atoms with Gasteiger partial charge in [-0.25, -0.2) is 4.98 Å². The van der Waals surface area contributed by atoms with Gasteiger partial charge >= 0.3 is 0 Å². The summed E-state index contributed by atoms with van der Waals surface area (Å²) in [6, 6.07) is 6.94. The molecule has 1 aromatic carbocycles. The van der Waals surface area contributed by atoms with Crippen molar-refractivity contribution >= 4 is 28.6 Å². The molecule has 2 heterocycles. The van der Waals surface area contributed by atoms with Crippen LogP contribution in [0.3, 0.4) is 0 Å². The van der Waals surface area contributed by atoms with E-state index in [0.717, 1.165) is 4.90 Å². The topological polar surface area (TPSA) is 113 Å². The first kappa shape index (κ1) is 20.9. The van der Waals surface area contributed by atoms with Crippen LogP contribution in [0.2, 0.25) is 0 Å². The summed E-state index contributed by atoms with van der Waals surface area (Å²) >= 11 is 0. The lowest BCUT2D eigenvalue weighted by Gasteiger charge is -2.24. The molecule has 2 atom stereocenters. The minimum absolute atomic E-state index is 0.0346. The van der Waals surface area contributed by atoms with Crippen molar-refractivity contribution in [2.45, 2.75) is 19.4 Å². The Balaban J connectivity index is 1.52. The van der Waals surface area contributed by atoms with E-state index in [2.05, 4.69) is 9.97 Å². The van der Waals surface area contributed by atoms with Crippen LogP contribution in [0.1, 0.15) is 18.7 Å². The lowest BCUT2D eigenvalue weighted by atomic mass is 9.85. The van der Waals surface area contributed by atoms with Gasteiger partial charge < -0.3 is 14.6 Å². The normalized spacial score (nSPS) is 20.4. The highest BCUT2D eigenvalue weighted by Gasteiger charge is 2.47. The number of rotatable bonds is 7. The Morgan fingerprint density at radius 2 is 1.84 bits per heavy atom. The van der Waals surface area contributed by atoms with Crippen molar-refractivity contribution < 1.29 is 19.1 Å². The predicted molar refractivity (Wildman–Crippen MR) is 112 cm³/mol. The maximum Gasteiger partial charge on any atom is 0.258 e. The summed E-state index contributed by atoms with van der Waals surface area (Å²) in [5, 5.41) is 0.463. The molecule has 3 amide bonds. The number of para-hydroxylation sites is 1. The Morgan fingerprint density at radius 3 is 2.52 bits per heavy atom. The van der Waals surface area contributed by atoms with Crippen LogP contribution in [0.4, 0.5) is 0 Å². The van der Waals surface area contributed by atoms with Crippen LogP contribution in [-0.2, 0) is 25.7 Å². The summed E-state index contributed by atoms with van der Waals surface area (Å²) in [5.41, 5.74) is 0.239. The second-order valence-electron chi connectivity index (χ2n) is 7.76. The van der Waals surface area contributed by atoms with E-state index in [0.29, 0.717) is 29.6 Å². The molecule has 0 bridgehead atoms. The van der Waals surface area contributed by atoms with E-state index in [9.17, 15) is 19.2 Å². The van der Waals surface area contributed by atoms with Crippen LogP contribution in [0.25, 0.3) is 10.9 Å². The smallest absolute Gasteiger partial charge is 0.258 e. The summed E-state index contributed by atoms with van der Waals surface area (Å²) in [5.74, 6) is -1.42. The van der Waals surface area contributed by atoms with E-state index in [4.69, 9.17) is 4.74 Å². The van der Waals surface area contributed by atoms with Gasteiger partial charge in [0.2, 0.25) is 17.7 Å². The SMILES string of the molecule is COCCN(Cc1nc2ccccc2c(=O)[nH]1)C(=O)CN1C(=O)[C@@H]2CC=CC[C@H]2C1=O. The van der Waals surface area contributed by atoms with E-state index in [1.165, 1.54) is 12.0 Å². The molecule has 31 heavy (non-hydrogen) atoms. The number of allylic oxidation sites excluding steroid dienone is 2. The number of methoxy groups -OCH3 is 1. The Kier molecular flexibility index (Phi) is 5.94. The molecule has 1 saturated heterocycles. The fourth-order valence-corrected chi connectivity index (χ4v) is 4.14. The van der Waals surface area contributed by atoms with E-state index in [1.807, 2.05) is 12.2 Å². The third-order valence-corrected chi connectivity index (χ3v) is 5.81. The van der Waals surface area contributed by atoms with E-state index in [-0.39, 0.29) is 55.5 Å². The average molecular weight is 424 g/mol. The Labute approximate surface area is 178 Å². The fraction of sp³-hybridized carbons (Fsp3) is 0.409. The molecule has 0 saturated carbocycles. The van der Waals surface area contributed by atoms with E-state index >= 15 is 0 Å². The molecule has 9 heteroatoms. The molecule has 162 valence electrons. The minimum atomic E-state index is -0.402. The zero-order valence-corrected chi connectivity index (χ0v) is 17.2. The van der Waals surface area contributed by atoms with Crippen molar-refractivity contribution in [2.75, 3.05) is 26.8 Å². The molecule has 0 spiro atoms. The second kappa shape index (κ2) is 8.81. The molecular formula is C22H24N4O5. The van der Waals surface area contributed by atoms with Gasteiger partial charge in [-0.05, 0) is 25.0 Å². The number of carbonyl (C=O) groups excluding carboxylic acids is 3. The highest BCUT2D eigenvalue weighted by atomic mass is 16.5. The minimum Gasteiger partial charge on any atom is -0.383 e. The summed E-state index contributed by atoms with van der Waals surface area (Å²) in [6.45, 7) is 0.205. The third kappa shape index (κ3) is 4.13. The maximum atomic E-state index is 13.0. The molecular weight excluding hydrogens is 400 g/mol. The number of H-pyrrole nitrogens is 1. The zero-order chi connectivity index (χ0) is 22.0. The van der Waals surface area contributed by atoms with Gasteiger partial charge in [0.05, 0.1) is 35.9 Å². The van der Waals surface area contributed by atoms with Crippen LogP contribution < -0.4 is 5.56 Å². The highest BCUT2D eigenvalue weighted by molar-refractivity contribution is 6.07. The Morgan fingerprint density at radius 1 is 1.16 bits per heavy atom. The maximum absolute atomic E-state index is 13.0. The van der Waals surface area contributed by atoms with Crippen molar-refractivity contribution in [2.24, 2.45) is 11.8 Å². The molecule has 0 radical (unpaired) electrons. The second-order valence-corrected chi connectivity index (χ2v) is 7.76. The molecule has 1 aromatic heterocycles. The van der Waals surface area contributed by atoms with Crippen LogP contribution in [0.5, 0.6) is 0 Å². The van der Waals surface area contributed by atoms with Crippen molar-refractivity contribution in [1.82, 2.24) is 19.8 Å². The van der Waals surface area contributed by atoms with Gasteiger partial charge in [-0.2, -0.15) is 0 Å². The van der Waals surface area contributed by atoms with Gasteiger partial charge in [0.25, 0.3) is 5.56 Å². The van der Waals surface area contributed by atoms with E-state index in [1.54, 1.807) is 24.3 Å². The standard InChI is InChI=1S/C22H24N4O5/c1-31-11-10-25(12-18-23-17-9-5-4-8-16(17)20(28)24-18)19(27)13-26-21(29)14-6-2-3-7-15(14)22(26)30/h2-5,8-9,14-15H,6-7,10-13H2,1H3,(H,23,24,28)/t14-,15-/m1/s1. The summed E-state index contributed by atoms with van der Waals surface area (Å²) < 4.78 is 5.10. The molecule has 0 unspecified atom stereocenters. The fourth-order valence-electron chi connectivity index (χ4n) is 4.14. The Bertz CT molecular complexity index is 1080. The molecule has 1 N–H and O–H groups in total. The monoisotopic (exact) mass is 424 g/mol. The molecule has 1 fully saturated rings. The first-order valence-electron chi connectivity index (χ1n) is 10.2. The number of aromatic nitrogens is 2. The number of imide groups is 1. The van der Waals surface area contributed by atoms with Crippen LogP contribution >= 0.6 is 0 Å². The molecule has 2 aromatic rings. The first-order chi connectivity index (χ1) is 15.0. The van der Waals surface area contributed by atoms with Crippen molar-refractivity contribution in [3.05, 3.63) is 52.6 Å². The summed E-state index contributed by atoms with van der Waals surface area (Å²) in [6.07, 6.45) is 4.86. The van der Waals surface area contributed by atoms with E-state index < -0.39 is 5.91 Å². The molecule has 4 rings (SSSR count). The Hall–Kier alpha value is -3.33. The highest BCUT2D eigenvalue weighted by Crippen LogP contribution is 2.34. The third-order valence-electron chi connectivity index (χ3n) is 5.81. The lowest BCUT2D eigenvalue weighted by molar-refractivity contribution is -0.147. The number of nitrogens with one attached hydrogen (secondary N) is 1. The van der Waals surface area contributed by atoms with Gasteiger partial charge in [-0.3, -0.25) is 24.1 Å². The lowest BCUT2D eigenvalue weighted by Crippen LogP contribution is -2.44. The van der Waals surface area contributed by atoms with Crippen molar-refractivity contribution in [1.29, 1.82) is 0 Å². The van der Waals surface area contributed by atoms with Crippen molar-refractivity contribution in [3.8, 4) is 0 Å². The average Bonchev–Trinajstić information content (AvgIpc) is 3.01. The summed E-state index contributed by atoms with van der Waals surface area (Å²) in [4.78, 5) is 60.4. The summed E-state index contributed by atoms with van der Waals surface area (Å²) in [7, 11) is 1.52. The molecule has 9 nitrogen and oxygen atoms in total. The number of hydrogen-bond acceptors (Lipinski definition) is 6. The number of benzene rings is 1. The van der Waals surface area contributed by atoms with Gasteiger partial charge in [-0.15, -0.1) is 0 Å². The molecule has 2 aliphatic rings. The number of hydrogen-bond donors (Lipinski definition) is 1. The quantitative estimate of drug-likeness (QED) is 0.521. The van der Waals surface area contributed by atoms with Gasteiger partial charge in [0, 0.05) is 13.7 Å². The van der Waals surface area contributed by atoms with Crippen LogP contribution in [0.15, 0.2) is 41.2 Å². The number of amides is 3. The number of aromatic amines is 1. The first-order valence-corrected chi connectivity index (χ1v) is 10.2. The van der Waals surface area contributed by atoms with Crippen LogP contribution in [-0.4, -0.2) is 64.3 Å². The number of ether oxygens (including phenoxy) is 1. The zero-order valence-electron chi connectivity index (χ0n) is 17.2. The predicted octanol–water partition coefficient (Wildman–Crippen LogP) is 0.849. The number of nitrogens with zero attached hydrogens (tertiary/aromatic N) is 3. The number of carbonyl (C=O) groups is 3. The van der Waals surface area contributed by atoms with Gasteiger partial charge in [-0.1, -0.05) is 24.3 Å².